The van der Waals surface area contributed by atoms with Crippen LogP contribution in [-0.2, 0) is 18.4 Å². The molecule has 10 nitrogen and oxygen atoms in total. The van der Waals surface area contributed by atoms with E-state index < -0.39 is 0 Å². The topological polar surface area (TPSA) is 114 Å². The number of nitrogens with two attached hydrogens (primary N) is 1. The molecule has 1 unspecified atom stereocenters. The number of pyridine rings is 1. The van der Waals surface area contributed by atoms with Crippen molar-refractivity contribution in [3.63, 3.8) is 0 Å². The van der Waals surface area contributed by atoms with Crippen LogP contribution in [0.2, 0.25) is 0 Å². The van der Waals surface area contributed by atoms with Gasteiger partial charge in [0.05, 0.1) is 16.7 Å². The van der Waals surface area contributed by atoms with Gasteiger partial charge >= 0.3 is 0 Å². The zero-order chi connectivity index (χ0) is 28.7. The highest BCUT2D eigenvalue weighted by Gasteiger charge is 2.31. The number of rotatable bonds is 8. The van der Waals surface area contributed by atoms with Crippen LogP contribution in [0.5, 0.6) is 0 Å². The third kappa shape index (κ3) is 5.62. The fraction of sp³-hybridized carbons (Fsp3) is 0.419. The molecule has 2 amide bonds. The summed E-state index contributed by atoms with van der Waals surface area (Å²) in [6.07, 6.45) is 8.32. The van der Waals surface area contributed by atoms with E-state index in [2.05, 4.69) is 31.6 Å². The lowest BCUT2D eigenvalue weighted by molar-refractivity contribution is -0.117. The van der Waals surface area contributed by atoms with Gasteiger partial charge in [0.15, 0.2) is 5.82 Å². The molecule has 2 fully saturated rings. The van der Waals surface area contributed by atoms with Crippen molar-refractivity contribution < 1.29 is 9.59 Å². The van der Waals surface area contributed by atoms with E-state index in [-0.39, 0.29) is 23.9 Å². The fourth-order valence-corrected chi connectivity index (χ4v) is 5.71. The number of nitrogens with one attached hydrogen (secondary N) is 1. The first-order chi connectivity index (χ1) is 19.8. The maximum absolute atomic E-state index is 13.5. The molecule has 2 atom stereocenters. The maximum Gasteiger partial charge on any atom is 0.253 e. The summed E-state index contributed by atoms with van der Waals surface area (Å²) >= 11 is 0. The highest BCUT2D eigenvalue weighted by Crippen LogP contribution is 2.36. The van der Waals surface area contributed by atoms with Crippen LogP contribution >= 0.6 is 0 Å². The third-order valence-corrected chi connectivity index (χ3v) is 8.16. The molecule has 3 aromatic heterocycles. The summed E-state index contributed by atoms with van der Waals surface area (Å²) in [4.78, 5) is 39.2. The van der Waals surface area contributed by atoms with Crippen LogP contribution < -0.4 is 11.1 Å². The van der Waals surface area contributed by atoms with Gasteiger partial charge < -0.3 is 30.0 Å². The number of carbonyl (C=O) groups is 2. The quantitative estimate of drug-likeness (QED) is 0.324. The molecule has 1 aromatic carbocycles. The third-order valence-electron chi connectivity index (χ3n) is 8.16. The lowest BCUT2D eigenvalue weighted by Crippen LogP contribution is -2.58. The zero-order valence-corrected chi connectivity index (χ0v) is 24.0. The van der Waals surface area contributed by atoms with Crippen LogP contribution in [0, 0.1) is 5.92 Å². The van der Waals surface area contributed by atoms with Gasteiger partial charge in [-0.25, -0.2) is 9.97 Å². The standard InChI is InChI=1S/C31H38N8O2/c1-36(2)14-5-7-28(40)34-24-12-15-38(19-23(24)32)31(41)22-10-11-26-25(16-22)35-30(37(26)3)27-17-21-6-4-13-33-29(21)39(27)18-20-8-9-20/h4-7,10-11,13,16-17,20,23-24H,8-9,12,14-15,18-19,32H2,1-3H3,(H,34,40)/b7-5+/t23?,24-/m0/s1. The number of benzene rings is 1. The molecule has 1 saturated carbocycles. The molecule has 2 aliphatic rings. The van der Waals surface area contributed by atoms with Crippen LogP contribution in [0.15, 0.2) is 54.7 Å². The number of fused-ring (bicyclic) bond motifs is 2. The molecule has 6 rings (SSSR count). The van der Waals surface area contributed by atoms with E-state index in [1.54, 1.807) is 11.0 Å². The van der Waals surface area contributed by atoms with Crippen molar-refractivity contribution >= 4 is 33.9 Å². The van der Waals surface area contributed by atoms with E-state index in [0.717, 1.165) is 40.1 Å². The average molecular weight is 555 g/mol. The largest absolute Gasteiger partial charge is 0.348 e. The number of amides is 2. The van der Waals surface area contributed by atoms with Crippen molar-refractivity contribution in [2.45, 2.75) is 37.9 Å². The van der Waals surface area contributed by atoms with Gasteiger partial charge in [-0.3, -0.25) is 9.59 Å². The number of likely N-dealkylation sites (N-methyl/N-ethyl adjacent to an activating group) is 1. The first-order valence-corrected chi connectivity index (χ1v) is 14.4. The number of hydrogen-bond acceptors (Lipinski definition) is 6. The van der Waals surface area contributed by atoms with E-state index in [1.165, 1.54) is 12.8 Å². The summed E-state index contributed by atoms with van der Waals surface area (Å²) in [5.74, 6) is 1.32. The van der Waals surface area contributed by atoms with E-state index in [4.69, 9.17) is 10.7 Å². The zero-order valence-electron chi connectivity index (χ0n) is 24.0. The van der Waals surface area contributed by atoms with Gasteiger partial charge in [-0.15, -0.1) is 0 Å². The van der Waals surface area contributed by atoms with Crippen LogP contribution in [0.1, 0.15) is 29.6 Å². The first kappa shape index (κ1) is 27.2. The minimum Gasteiger partial charge on any atom is -0.348 e. The number of piperidine rings is 1. The molecule has 214 valence electrons. The van der Waals surface area contributed by atoms with Crippen LogP contribution in [0.4, 0.5) is 0 Å². The van der Waals surface area contributed by atoms with Crippen molar-refractivity contribution in [3.05, 3.63) is 60.3 Å². The molecule has 4 aromatic rings. The van der Waals surface area contributed by atoms with E-state index >= 15 is 0 Å². The van der Waals surface area contributed by atoms with Crippen molar-refractivity contribution in [2.24, 2.45) is 18.7 Å². The number of nitrogens with zero attached hydrogens (tertiary/aromatic N) is 6. The number of likely N-dealkylation sites (tertiary alicyclic amines) is 1. The van der Waals surface area contributed by atoms with Gasteiger partial charge in [0.25, 0.3) is 5.91 Å². The van der Waals surface area contributed by atoms with Crippen LogP contribution in [0.25, 0.3) is 33.6 Å². The maximum atomic E-state index is 13.5. The van der Waals surface area contributed by atoms with Gasteiger partial charge in [0, 0.05) is 68.5 Å². The predicted molar refractivity (Wildman–Crippen MR) is 160 cm³/mol. The Morgan fingerprint density at radius 2 is 2.00 bits per heavy atom. The van der Waals surface area contributed by atoms with Crippen LogP contribution in [0.3, 0.4) is 0 Å². The Morgan fingerprint density at radius 1 is 1.17 bits per heavy atom. The molecule has 1 aliphatic carbocycles. The predicted octanol–water partition coefficient (Wildman–Crippen LogP) is 2.78. The minimum absolute atomic E-state index is 0.0720. The molecule has 41 heavy (non-hydrogen) atoms. The summed E-state index contributed by atoms with van der Waals surface area (Å²) in [6.45, 7) is 2.53. The molecule has 1 saturated heterocycles. The van der Waals surface area contributed by atoms with Gasteiger partial charge in [0.2, 0.25) is 5.91 Å². The summed E-state index contributed by atoms with van der Waals surface area (Å²) in [6, 6.07) is 11.4. The Labute approximate surface area is 239 Å². The molecule has 0 spiro atoms. The van der Waals surface area contributed by atoms with Crippen molar-refractivity contribution in [1.29, 1.82) is 0 Å². The Hall–Kier alpha value is -4.02. The molecular weight excluding hydrogens is 516 g/mol. The van der Waals surface area contributed by atoms with E-state index in [9.17, 15) is 9.59 Å². The number of hydrogen-bond donors (Lipinski definition) is 2. The second kappa shape index (κ2) is 11.1. The fourth-order valence-electron chi connectivity index (χ4n) is 5.71. The Kier molecular flexibility index (Phi) is 7.35. The minimum atomic E-state index is -0.342. The SMILES string of the molecule is CN(C)C/C=C/C(=O)N[C@H]1CCN(C(=O)c2ccc3c(c2)nc(-c2cc4cccnc4n2CC2CC2)n3C)CC1N. The normalized spacial score (nSPS) is 19.6. The Bertz CT molecular complexity index is 1630. The lowest BCUT2D eigenvalue weighted by atomic mass is 9.99. The smallest absolute Gasteiger partial charge is 0.253 e. The summed E-state index contributed by atoms with van der Waals surface area (Å²) in [5.41, 5.74) is 10.8. The number of imidazole rings is 1. The second-order valence-corrected chi connectivity index (χ2v) is 11.7. The highest BCUT2D eigenvalue weighted by molar-refractivity contribution is 5.98. The molecule has 0 radical (unpaired) electrons. The number of aromatic nitrogens is 4. The first-order valence-electron chi connectivity index (χ1n) is 14.4. The second-order valence-electron chi connectivity index (χ2n) is 11.7. The van der Waals surface area contributed by atoms with Gasteiger partial charge in [-0.05, 0) is 75.7 Å². The highest BCUT2D eigenvalue weighted by atomic mass is 16.2. The monoisotopic (exact) mass is 554 g/mol. The average Bonchev–Trinajstić information content (AvgIpc) is 3.62. The molecule has 3 N–H and O–H groups in total. The van der Waals surface area contributed by atoms with Crippen molar-refractivity contribution in [2.75, 3.05) is 33.7 Å². The molecule has 4 heterocycles. The van der Waals surface area contributed by atoms with Gasteiger partial charge in [0.1, 0.15) is 5.65 Å². The lowest BCUT2D eigenvalue weighted by Gasteiger charge is -2.37. The Morgan fingerprint density at radius 3 is 2.76 bits per heavy atom. The molecule has 1 aliphatic heterocycles. The van der Waals surface area contributed by atoms with Gasteiger partial charge in [-0.1, -0.05) is 6.08 Å². The van der Waals surface area contributed by atoms with Crippen LogP contribution in [-0.4, -0.2) is 86.5 Å². The molecule has 10 heteroatoms. The molecule has 0 bridgehead atoms. The molecular formula is C31H38N8O2. The Balaban J connectivity index is 1.19. The summed E-state index contributed by atoms with van der Waals surface area (Å²) < 4.78 is 4.39. The van der Waals surface area contributed by atoms with Crippen molar-refractivity contribution in [3.8, 4) is 11.5 Å². The summed E-state index contributed by atoms with van der Waals surface area (Å²) in [7, 11) is 5.92. The van der Waals surface area contributed by atoms with Gasteiger partial charge in [-0.2, -0.15) is 0 Å². The summed E-state index contributed by atoms with van der Waals surface area (Å²) in [5, 5.41) is 4.10. The number of aryl methyl sites for hydroxylation is 1. The van der Waals surface area contributed by atoms with E-state index in [0.29, 0.717) is 37.5 Å². The van der Waals surface area contributed by atoms with Crippen molar-refractivity contribution in [1.82, 2.24) is 34.2 Å². The van der Waals surface area contributed by atoms with E-state index in [1.807, 2.05) is 62.6 Å². The number of carbonyl (C=O) groups excluding carboxylic acids is 2.